The Morgan fingerprint density at radius 2 is 1.83 bits per heavy atom. The van der Waals surface area contributed by atoms with Crippen LogP contribution < -0.4 is 16.0 Å². The molecule has 1 saturated carbocycles. The van der Waals surface area contributed by atoms with E-state index >= 15 is 0 Å². The molecule has 1 rings (SSSR count). The molecule has 0 aromatic rings. The minimum Gasteiger partial charge on any atom is -0.355 e. The van der Waals surface area contributed by atoms with Crippen molar-refractivity contribution in [2.75, 3.05) is 19.6 Å². The van der Waals surface area contributed by atoms with Gasteiger partial charge in [-0.25, -0.2) is 0 Å². The van der Waals surface area contributed by atoms with E-state index in [4.69, 9.17) is 0 Å². The van der Waals surface area contributed by atoms with Crippen LogP contribution in [0.25, 0.3) is 0 Å². The second kappa shape index (κ2) is 8.08. The fourth-order valence-corrected chi connectivity index (χ4v) is 1.74. The first-order chi connectivity index (χ1) is 8.67. The predicted octanol–water partition coefficient (Wildman–Crippen LogP) is 0.407. The van der Waals surface area contributed by atoms with E-state index in [-0.39, 0.29) is 23.8 Å². The van der Waals surface area contributed by atoms with E-state index in [2.05, 4.69) is 29.8 Å². The molecule has 104 valence electrons. The molecule has 0 saturated heterocycles. The van der Waals surface area contributed by atoms with Gasteiger partial charge in [0.1, 0.15) is 0 Å². The summed E-state index contributed by atoms with van der Waals surface area (Å²) >= 11 is 0. The molecule has 0 aromatic heterocycles. The van der Waals surface area contributed by atoms with Crippen molar-refractivity contribution in [2.24, 2.45) is 5.92 Å². The van der Waals surface area contributed by atoms with Crippen LogP contribution in [0.4, 0.5) is 0 Å². The Morgan fingerprint density at radius 3 is 2.39 bits per heavy atom. The van der Waals surface area contributed by atoms with E-state index in [0.717, 1.165) is 25.7 Å². The van der Waals surface area contributed by atoms with E-state index in [0.29, 0.717) is 19.6 Å². The number of hydrogen-bond donors (Lipinski definition) is 3. The van der Waals surface area contributed by atoms with Gasteiger partial charge in [0.15, 0.2) is 0 Å². The summed E-state index contributed by atoms with van der Waals surface area (Å²) in [7, 11) is 0. The van der Waals surface area contributed by atoms with Gasteiger partial charge < -0.3 is 16.0 Å². The lowest BCUT2D eigenvalue weighted by Crippen LogP contribution is -2.41. The largest absolute Gasteiger partial charge is 0.355 e. The molecule has 0 atom stereocenters. The first-order valence-electron chi connectivity index (χ1n) is 6.95. The van der Waals surface area contributed by atoms with Crippen molar-refractivity contribution in [3.8, 4) is 0 Å². The molecule has 5 nitrogen and oxygen atoms in total. The van der Waals surface area contributed by atoms with Gasteiger partial charge in [0.05, 0.1) is 6.54 Å². The smallest absolute Gasteiger partial charge is 0.234 e. The molecule has 1 fully saturated rings. The van der Waals surface area contributed by atoms with Crippen molar-refractivity contribution in [3.05, 3.63) is 0 Å². The molecule has 0 radical (unpaired) electrons. The van der Waals surface area contributed by atoms with Crippen LogP contribution in [0.5, 0.6) is 0 Å². The first kappa shape index (κ1) is 15.0. The fourth-order valence-electron chi connectivity index (χ4n) is 1.74. The summed E-state index contributed by atoms with van der Waals surface area (Å²) in [6.07, 6.45) is 3.97. The van der Waals surface area contributed by atoms with E-state index in [1.54, 1.807) is 0 Å². The van der Waals surface area contributed by atoms with Gasteiger partial charge in [-0.3, -0.25) is 9.59 Å². The van der Waals surface area contributed by atoms with E-state index in [9.17, 15) is 9.59 Å². The molecular weight excluding hydrogens is 230 g/mol. The zero-order valence-electron chi connectivity index (χ0n) is 11.4. The molecule has 0 heterocycles. The number of carbonyl (C=O) groups excluding carboxylic acids is 2. The van der Waals surface area contributed by atoms with Gasteiger partial charge in [-0.2, -0.15) is 0 Å². The Kier molecular flexibility index (Phi) is 6.72. The summed E-state index contributed by atoms with van der Waals surface area (Å²) in [4.78, 5) is 22.8. The number of amides is 2. The highest BCUT2D eigenvalue weighted by atomic mass is 16.2. The molecule has 0 bridgehead atoms. The summed E-state index contributed by atoms with van der Waals surface area (Å²) in [5.41, 5.74) is 0. The van der Waals surface area contributed by atoms with Crippen LogP contribution in [-0.4, -0.2) is 37.5 Å². The van der Waals surface area contributed by atoms with Crippen molar-refractivity contribution >= 4 is 11.8 Å². The maximum absolute atomic E-state index is 11.5. The van der Waals surface area contributed by atoms with Crippen LogP contribution in [-0.2, 0) is 9.59 Å². The average Bonchev–Trinajstić information content (AvgIpc) is 3.19. The van der Waals surface area contributed by atoms with E-state index in [1.165, 1.54) is 0 Å². The molecule has 3 N–H and O–H groups in total. The second-order valence-corrected chi connectivity index (χ2v) is 4.82. The van der Waals surface area contributed by atoms with Crippen molar-refractivity contribution in [1.82, 2.24) is 16.0 Å². The number of rotatable bonds is 9. The number of nitrogens with one attached hydrogen (secondary N) is 3. The maximum Gasteiger partial charge on any atom is 0.234 e. The normalized spacial score (nSPS) is 14.6. The van der Waals surface area contributed by atoms with Crippen LogP contribution in [0.2, 0.25) is 0 Å². The maximum atomic E-state index is 11.5. The van der Waals surface area contributed by atoms with Gasteiger partial charge in [-0.1, -0.05) is 13.8 Å². The fraction of sp³-hybridized carbons (Fsp3) is 0.846. The van der Waals surface area contributed by atoms with E-state index < -0.39 is 0 Å². The van der Waals surface area contributed by atoms with E-state index in [1.807, 2.05) is 0 Å². The Hall–Kier alpha value is -1.10. The molecule has 0 aromatic carbocycles. The van der Waals surface area contributed by atoms with Crippen LogP contribution in [0.3, 0.4) is 0 Å². The molecule has 5 heteroatoms. The molecule has 18 heavy (non-hydrogen) atoms. The van der Waals surface area contributed by atoms with Crippen molar-refractivity contribution in [3.63, 3.8) is 0 Å². The minimum atomic E-state index is 0.0252. The predicted molar refractivity (Wildman–Crippen MR) is 71.1 cm³/mol. The third-order valence-electron chi connectivity index (χ3n) is 3.19. The lowest BCUT2D eigenvalue weighted by atomic mass is 10.2. The van der Waals surface area contributed by atoms with Gasteiger partial charge >= 0.3 is 0 Å². The summed E-state index contributed by atoms with van der Waals surface area (Å²) < 4.78 is 0. The quantitative estimate of drug-likeness (QED) is 0.523. The minimum absolute atomic E-state index is 0.0252. The van der Waals surface area contributed by atoms with Gasteiger partial charge in [0, 0.05) is 25.0 Å². The standard InChI is InChI=1S/C13H25N3O2/c1-3-11(4-2)16-12(17)9-14-7-8-15-13(18)10-5-6-10/h10-11,14H,3-9H2,1-2H3,(H,15,18)(H,16,17). The van der Waals surface area contributed by atoms with Gasteiger partial charge in [-0.05, 0) is 25.7 Å². The van der Waals surface area contributed by atoms with Crippen LogP contribution >= 0.6 is 0 Å². The Balaban J connectivity index is 1.96. The Labute approximate surface area is 109 Å². The van der Waals surface area contributed by atoms with Crippen LogP contribution in [0.1, 0.15) is 39.5 Å². The zero-order valence-corrected chi connectivity index (χ0v) is 11.4. The SMILES string of the molecule is CCC(CC)NC(=O)CNCCNC(=O)C1CC1. The van der Waals surface area contributed by atoms with Crippen molar-refractivity contribution < 1.29 is 9.59 Å². The van der Waals surface area contributed by atoms with Gasteiger partial charge in [-0.15, -0.1) is 0 Å². The monoisotopic (exact) mass is 255 g/mol. The molecular formula is C13H25N3O2. The lowest BCUT2D eigenvalue weighted by molar-refractivity contribution is -0.122. The zero-order chi connectivity index (χ0) is 13.4. The summed E-state index contributed by atoms with van der Waals surface area (Å²) in [5, 5.41) is 8.83. The average molecular weight is 255 g/mol. The molecule has 2 amide bonds. The summed E-state index contributed by atoms with van der Waals surface area (Å²) in [6.45, 7) is 5.67. The lowest BCUT2D eigenvalue weighted by Gasteiger charge is -2.14. The van der Waals surface area contributed by atoms with Gasteiger partial charge in [0.2, 0.25) is 11.8 Å². The third-order valence-corrected chi connectivity index (χ3v) is 3.19. The molecule has 1 aliphatic carbocycles. The first-order valence-corrected chi connectivity index (χ1v) is 6.95. The van der Waals surface area contributed by atoms with Crippen LogP contribution in [0, 0.1) is 5.92 Å². The Morgan fingerprint density at radius 1 is 1.17 bits per heavy atom. The van der Waals surface area contributed by atoms with Crippen molar-refractivity contribution in [2.45, 2.75) is 45.6 Å². The van der Waals surface area contributed by atoms with Crippen molar-refractivity contribution in [1.29, 1.82) is 0 Å². The molecule has 0 unspecified atom stereocenters. The third kappa shape index (κ3) is 6.00. The number of carbonyl (C=O) groups is 2. The highest BCUT2D eigenvalue weighted by Gasteiger charge is 2.28. The summed E-state index contributed by atoms with van der Waals surface area (Å²) in [6, 6.07) is 0.272. The molecule has 1 aliphatic rings. The Bertz CT molecular complexity index is 273. The molecule has 0 spiro atoms. The molecule has 0 aliphatic heterocycles. The highest BCUT2D eigenvalue weighted by Crippen LogP contribution is 2.28. The van der Waals surface area contributed by atoms with Crippen LogP contribution in [0.15, 0.2) is 0 Å². The second-order valence-electron chi connectivity index (χ2n) is 4.82. The summed E-state index contributed by atoms with van der Waals surface area (Å²) in [5.74, 6) is 0.429. The number of hydrogen-bond acceptors (Lipinski definition) is 3. The topological polar surface area (TPSA) is 70.2 Å². The van der Waals surface area contributed by atoms with Gasteiger partial charge in [0.25, 0.3) is 0 Å². The highest BCUT2D eigenvalue weighted by molar-refractivity contribution is 5.80.